The minimum Gasteiger partial charge on any atom is -0.497 e. The Kier molecular flexibility index (Phi) is 2.97. The summed E-state index contributed by atoms with van der Waals surface area (Å²) >= 11 is 1.75. The van der Waals surface area contributed by atoms with Crippen LogP contribution in [0.5, 0.6) is 5.75 Å². The molecule has 1 unspecified atom stereocenters. The van der Waals surface area contributed by atoms with Crippen molar-refractivity contribution in [2.75, 3.05) is 7.11 Å². The molecule has 0 saturated heterocycles. The largest absolute Gasteiger partial charge is 0.497 e. The van der Waals surface area contributed by atoms with E-state index >= 15 is 0 Å². The summed E-state index contributed by atoms with van der Waals surface area (Å²) in [4.78, 5) is 6.59. The van der Waals surface area contributed by atoms with Gasteiger partial charge in [0.15, 0.2) is 0 Å². The number of hydrogen-bond acceptors (Lipinski definition) is 4. The monoisotopic (exact) mass is 300 g/mol. The summed E-state index contributed by atoms with van der Waals surface area (Å²) in [6, 6.07) is 7.60. The highest BCUT2D eigenvalue weighted by molar-refractivity contribution is 7.17. The van der Waals surface area contributed by atoms with E-state index in [9.17, 15) is 5.11 Å². The maximum atomic E-state index is 10.8. The third-order valence-electron chi connectivity index (χ3n) is 3.97. The fourth-order valence-electron chi connectivity index (χ4n) is 2.67. The van der Waals surface area contributed by atoms with Crippen LogP contribution in [0.3, 0.4) is 0 Å². The Morgan fingerprint density at radius 1 is 1.33 bits per heavy atom. The zero-order valence-electron chi connectivity index (χ0n) is 11.7. The molecular formula is C16H16N2O2S. The lowest BCUT2D eigenvalue weighted by Crippen LogP contribution is -2.05. The number of aromatic nitrogens is 2. The molecule has 1 fully saturated rings. The van der Waals surface area contributed by atoms with Crippen molar-refractivity contribution < 1.29 is 9.84 Å². The van der Waals surface area contributed by atoms with Crippen LogP contribution in [0.1, 0.15) is 41.0 Å². The molecule has 1 atom stereocenters. The van der Waals surface area contributed by atoms with Gasteiger partial charge in [-0.2, -0.15) is 0 Å². The highest BCUT2D eigenvalue weighted by Gasteiger charge is 2.32. The van der Waals surface area contributed by atoms with E-state index in [2.05, 4.69) is 4.98 Å². The highest BCUT2D eigenvalue weighted by atomic mass is 32.1. The van der Waals surface area contributed by atoms with Gasteiger partial charge in [0.2, 0.25) is 0 Å². The van der Waals surface area contributed by atoms with Gasteiger partial charge in [-0.15, -0.1) is 11.3 Å². The Balaban J connectivity index is 1.79. The number of nitrogens with zero attached hydrogens (tertiary/aromatic N) is 2. The lowest BCUT2D eigenvalue weighted by molar-refractivity contribution is 0.213. The van der Waals surface area contributed by atoms with E-state index < -0.39 is 6.10 Å². The van der Waals surface area contributed by atoms with Crippen LogP contribution in [-0.2, 0) is 0 Å². The lowest BCUT2D eigenvalue weighted by Gasteiger charge is -2.13. The van der Waals surface area contributed by atoms with Gasteiger partial charge in [0.1, 0.15) is 23.0 Å². The standard InChI is InChI=1S/C16H16N2O2S/c1-20-12-6-4-10(5-7-12)15(19)14-16(11-2-3-11)21-13-8-17-9-18(13)14/h4-9,11,15,19H,2-3H2,1H3. The van der Waals surface area contributed by atoms with Gasteiger partial charge in [0, 0.05) is 4.88 Å². The zero-order chi connectivity index (χ0) is 14.4. The van der Waals surface area contributed by atoms with Crippen molar-refractivity contribution in [1.29, 1.82) is 0 Å². The summed E-state index contributed by atoms with van der Waals surface area (Å²) in [5.74, 6) is 1.41. The molecule has 0 spiro atoms. The molecular weight excluding hydrogens is 284 g/mol. The highest BCUT2D eigenvalue weighted by Crippen LogP contribution is 2.47. The first-order valence-electron chi connectivity index (χ1n) is 7.04. The summed E-state index contributed by atoms with van der Waals surface area (Å²) in [5, 5.41) is 10.8. The van der Waals surface area contributed by atoms with E-state index in [-0.39, 0.29) is 0 Å². The first-order chi connectivity index (χ1) is 10.3. The average Bonchev–Trinajstić information content (AvgIpc) is 3.15. The molecule has 4 nitrogen and oxygen atoms in total. The van der Waals surface area contributed by atoms with Gasteiger partial charge in [0.05, 0.1) is 19.0 Å². The minimum atomic E-state index is -0.630. The number of ether oxygens (including phenoxy) is 1. The number of aliphatic hydroxyl groups excluding tert-OH is 1. The summed E-state index contributed by atoms with van der Waals surface area (Å²) in [6.07, 6.45) is 5.47. The first-order valence-corrected chi connectivity index (χ1v) is 7.86. The van der Waals surface area contributed by atoms with Crippen LogP contribution in [0, 0.1) is 0 Å². The summed E-state index contributed by atoms with van der Waals surface area (Å²) in [7, 11) is 1.64. The SMILES string of the molecule is COc1ccc(C(O)c2c(C3CC3)sc3cncn23)cc1. The fourth-order valence-corrected chi connectivity index (χ4v) is 3.97. The number of methoxy groups -OCH3 is 1. The van der Waals surface area contributed by atoms with E-state index in [1.54, 1.807) is 24.8 Å². The number of thiazole rings is 1. The molecule has 0 radical (unpaired) electrons. The topological polar surface area (TPSA) is 46.8 Å². The number of imidazole rings is 1. The van der Waals surface area contributed by atoms with Crippen molar-refractivity contribution in [3.8, 4) is 5.75 Å². The first kappa shape index (κ1) is 12.9. The van der Waals surface area contributed by atoms with Crippen molar-refractivity contribution >= 4 is 16.2 Å². The van der Waals surface area contributed by atoms with Crippen LogP contribution in [0.15, 0.2) is 36.8 Å². The molecule has 21 heavy (non-hydrogen) atoms. The number of benzene rings is 1. The fraction of sp³-hybridized carbons (Fsp3) is 0.312. The van der Waals surface area contributed by atoms with Crippen LogP contribution >= 0.6 is 11.3 Å². The van der Waals surface area contributed by atoms with E-state index in [4.69, 9.17) is 4.74 Å². The predicted molar refractivity (Wildman–Crippen MR) is 82.1 cm³/mol. The number of rotatable bonds is 4. The molecule has 2 aromatic heterocycles. The normalized spacial score (nSPS) is 16.3. The van der Waals surface area contributed by atoms with E-state index in [1.807, 2.05) is 34.9 Å². The van der Waals surface area contributed by atoms with Crippen molar-refractivity contribution in [2.45, 2.75) is 24.9 Å². The number of aliphatic hydroxyl groups is 1. The van der Waals surface area contributed by atoms with Gasteiger partial charge < -0.3 is 9.84 Å². The summed E-state index contributed by atoms with van der Waals surface area (Å²) in [5.41, 5.74) is 1.85. The van der Waals surface area contributed by atoms with Crippen LogP contribution in [0.2, 0.25) is 0 Å². The summed E-state index contributed by atoms with van der Waals surface area (Å²) in [6.45, 7) is 0. The van der Waals surface area contributed by atoms with E-state index in [1.165, 1.54) is 17.7 Å². The second-order valence-corrected chi connectivity index (χ2v) is 6.47. The maximum absolute atomic E-state index is 10.8. The second-order valence-electron chi connectivity index (χ2n) is 5.40. The molecule has 1 aliphatic carbocycles. The lowest BCUT2D eigenvalue weighted by atomic mass is 10.0. The van der Waals surface area contributed by atoms with Crippen LogP contribution in [0.25, 0.3) is 4.83 Å². The Bertz CT molecular complexity index is 771. The molecule has 5 heteroatoms. The van der Waals surface area contributed by atoms with Gasteiger partial charge in [-0.1, -0.05) is 12.1 Å². The van der Waals surface area contributed by atoms with Gasteiger partial charge >= 0.3 is 0 Å². The number of hydrogen-bond donors (Lipinski definition) is 1. The molecule has 108 valence electrons. The quantitative estimate of drug-likeness (QED) is 0.803. The van der Waals surface area contributed by atoms with Crippen molar-refractivity contribution in [3.63, 3.8) is 0 Å². The van der Waals surface area contributed by atoms with E-state index in [0.717, 1.165) is 21.8 Å². The van der Waals surface area contributed by atoms with E-state index in [0.29, 0.717) is 5.92 Å². The molecule has 1 saturated carbocycles. The van der Waals surface area contributed by atoms with Crippen LogP contribution in [-0.4, -0.2) is 21.6 Å². The average molecular weight is 300 g/mol. The van der Waals surface area contributed by atoms with Crippen LogP contribution in [0.4, 0.5) is 0 Å². The van der Waals surface area contributed by atoms with Gasteiger partial charge in [-0.3, -0.25) is 4.40 Å². The summed E-state index contributed by atoms with van der Waals surface area (Å²) < 4.78 is 7.20. The minimum absolute atomic E-state index is 0.609. The smallest absolute Gasteiger partial charge is 0.120 e. The molecule has 3 aromatic rings. The molecule has 1 aromatic carbocycles. The van der Waals surface area contributed by atoms with Crippen molar-refractivity contribution in [3.05, 3.63) is 52.9 Å². The Labute approximate surface area is 126 Å². The van der Waals surface area contributed by atoms with Gasteiger partial charge in [0.25, 0.3) is 0 Å². The van der Waals surface area contributed by atoms with Crippen molar-refractivity contribution in [2.24, 2.45) is 0 Å². The second kappa shape index (κ2) is 4.86. The van der Waals surface area contributed by atoms with Gasteiger partial charge in [-0.05, 0) is 36.5 Å². The Morgan fingerprint density at radius 2 is 2.10 bits per heavy atom. The molecule has 1 N–H and O–H groups in total. The molecule has 0 amide bonds. The number of fused-ring (bicyclic) bond motifs is 1. The Morgan fingerprint density at radius 3 is 2.76 bits per heavy atom. The molecule has 1 aliphatic rings. The molecule has 4 rings (SSSR count). The zero-order valence-corrected chi connectivity index (χ0v) is 12.5. The van der Waals surface area contributed by atoms with Crippen LogP contribution < -0.4 is 4.74 Å². The Hall–Kier alpha value is -1.85. The van der Waals surface area contributed by atoms with Crippen molar-refractivity contribution in [1.82, 2.24) is 9.38 Å². The van der Waals surface area contributed by atoms with Gasteiger partial charge in [-0.25, -0.2) is 4.98 Å². The maximum Gasteiger partial charge on any atom is 0.120 e. The molecule has 0 aliphatic heterocycles. The molecule has 2 heterocycles. The third-order valence-corrected chi connectivity index (χ3v) is 5.24. The third kappa shape index (κ3) is 2.13. The predicted octanol–water partition coefficient (Wildman–Crippen LogP) is 3.36. The molecule has 0 bridgehead atoms.